The van der Waals surface area contributed by atoms with Crippen LogP contribution in [0.5, 0.6) is 5.75 Å². The minimum absolute atomic E-state index is 0.0392. The first-order valence-electron chi connectivity index (χ1n) is 11.0. The number of rotatable bonds is 14. The molecular formula is C25H34O6. The standard InChI is InChI=1S/C25H34O6/c1-18-21(23(28)25(30-3)24(29-2)22(18)27)17-19-11-13-20(14-12-19)31-16-10-8-6-4-5-7-9-15-26/h11-14,26H,4-10,15-17H2,1-3H3. The van der Waals surface area contributed by atoms with Gasteiger partial charge in [0.15, 0.2) is 0 Å². The maximum absolute atomic E-state index is 12.7. The first-order chi connectivity index (χ1) is 15.0. The Balaban J connectivity index is 1.83. The van der Waals surface area contributed by atoms with Crippen molar-refractivity contribution in [2.75, 3.05) is 27.4 Å². The minimum Gasteiger partial charge on any atom is -0.494 e. The number of methoxy groups -OCH3 is 2. The van der Waals surface area contributed by atoms with Gasteiger partial charge in [-0.15, -0.1) is 0 Å². The number of unbranched alkanes of at least 4 members (excludes halogenated alkanes) is 6. The number of ketones is 2. The highest BCUT2D eigenvalue weighted by Gasteiger charge is 2.34. The van der Waals surface area contributed by atoms with Crippen LogP contribution in [-0.2, 0) is 25.5 Å². The van der Waals surface area contributed by atoms with Crippen molar-refractivity contribution < 1.29 is 28.9 Å². The molecule has 0 spiro atoms. The molecule has 1 aliphatic rings. The van der Waals surface area contributed by atoms with Crippen LogP contribution < -0.4 is 4.74 Å². The Kier molecular flexibility index (Phi) is 10.3. The van der Waals surface area contributed by atoms with Crippen LogP contribution in [0.2, 0.25) is 0 Å². The van der Waals surface area contributed by atoms with Crippen molar-refractivity contribution in [3.8, 4) is 5.75 Å². The summed E-state index contributed by atoms with van der Waals surface area (Å²) in [6, 6.07) is 7.61. The molecule has 170 valence electrons. The highest BCUT2D eigenvalue weighted by Crippen LogP contribution is 2.28. The van der Waals surface area contributed by atoms with Gasteiger partial charge in [-0.05, 0) is 37.5 Å². The summed E-state index contributed by atoms with van der Waals surface area (Å²) in [5.41, 5.74) is 1.73. The fourth-order valence-corrected chi connectivity index (χ4v) is 3.60. The average Bonchev–Trinajstić information content (AvgIpc) is 2.78. The summed E-state index contributed by atoms with van der Waals surface area (Å²) in [6.07, 6.45) is 8.08. The molecule has 6 nitrogen and oxygen atoms in total. The van der Waals surface area contributed by atoms with E-state index in [1.165, 1.54) is 33.5 Å². The Labute approximate surface area is 184 Å². The number of benzene rings is 1. The van der Waals surface area contributed by atoms with E-state index in [4.69, 9.17) is 19.3 Å². The van der Waals surface area contributed by atoms with Crippen LogP contribution in [0.1, 0.15) is 57.4 Å². The van der Waals surface area contributed by atoms with Gasteiger partial charge in [0.05, 0.1) is 20.8 Å². The summed E-state index contributed by atoms with van der Waals surface area (Å²) in [4.78, 5) is 25.2. The van der Waals surface area contributed by atoms with Gasteiger partial charge in [-0.3, -0.25) is 9.59 Å². The zero-order valence-electron chi connectivity index (χ0n) is 18.9. The second-order valence-corrected chi connectivity index (χ2v) is 7.70. The normalized spacial score (nSPS) is 14.3. The Hall–Kier alpha value is -2.60. The Bertz CT molecular complexity index is 804. The molecule has 0 saturated carbocycles. The molecule has 0 fully saturated rings. The van der Waals surface area contributed by atoms with Crippen molar-refractivity contribution in [1.82, 2.24) is 0 Å². The molecule has 31 heavy (non-hydrogen) atoms. The van der Waals surface area contributed by atoms with Crippen LogP contribution in [0.3, 0.4) is 0 Å². The molecule has 1 aromatic rings. The van der Waals surface area contributed by atoms with Crippen LogP contribution in [0, 0.1) is 0 Å². The van der Waals surface area contributed by atoms with Gasteiger partial charge in [0.1, 0.15) is 5.75 Å². The van der Waals surface area contributed by atoms with Crippen LogP contribution in [-0.4, -0.2) is 44.1 Å². The van der Waals surface area contributed by atoms with Gasteiger partial charge >= 0.3 is 0 Å². The third-order valence-corrected chi connectivity index (χ3v) is 5.47. The molecular weight excluding hydrogens is 396 g/mol. The van der Waals surface area contributed by atoms with E-state index < -0.39 is 0 Å². The average molecular weight is 431 g/mol. The molecule has 0 aromatic heterocycles. The highest BCUT2D eigenvalue weighted by molar-refractivity contribution is 6.23. The largest absolute Gasteiger partial charge is 0.494 e. The third-order valence-electron chi connectivity index (χ3n) is 5.47. The number of carbonyl (C=O) groups excluding carboxylic acids is 2. The number of aliphatic hydroxyl groups excluding tert-OH is 1. The van der Waals surface area contributed by atoms with Crippen molar-refractivity contribution in [3.05, 3.63) is 52.5 Å². The van der Waals surface area contributed by atoms with Crippen LogP contribution in [0.15, 0.2) is 46.9 Å². The van der Waals surface area contributed by atoms with E-state index in [2.05, 4.69) is 0 Å². The molecule has 6 heteroatoms. The molecule has 0 bridgehead atoms. The predicted molar refractivity (Wildman–Crippen MR) is 119 cm³/mol. The molecule has 1 N–H and O–H groups in total. The quantitative estimate of drug-likeness (QED) is 0.350. The number of ether oxygens (including phenoxy) is 3. The number of hydrogen-bond donors (Lipinski definition) is 1. The Morgan fingerprint density at radius 1 is 0.774 bits per heavy atom. The lowest BCUT2D eigenvalue weighted by Gasteiger charge is -2.20. The maximum Gasteiger partial charge on any atom is 0.228 e. The number of allylic oxidation sites excluding steroid dienone is 2. The lowest BCUT2D eigenvalue weighted by molar-refractivity contribution is -0.121. The second kappa shape index (κ2) is 13.0. The van der Waals surface area contributed by atoms with E-state index in [-0.39, 0.29) is 29.7 Å². The van der Waals surface area contributed by atoms with Gasteiger partial charge in [0.25, 0.3) is 0 Å². The number of aliphatic hydroxyl groups is 1. The van der Waals surface area contributed by atoms with Gasteiger partial charge in [-0.25, -0.2) is 0 Å². The van der Waals surface area contributed by atoms with E-state index in [0.29, 0.717) is 24.2 Å². The zero-order valence-corrected chi connectivity index (χ0v) is 18.9. The molecule has 0 atom stereocenters. The van der Waals surface area contributed by atoms with E-state index in [1.54, 1.807) is 6.92 Å². The first-order valence-corrected chi connectivity index (χ1v) is 11.0. The van der Waals surface area contributed by atoms with Gasteiger partial charge in [-0.2, -0.15) is 0 Å². The first kappa shape index (κ1) is 24.7. The van der Waals surface area contributed by atoms with Crippen molar-refractivity contribution >= 4 is 11.6 Å². The molecule has 0 heterocycles. The molecule has 0 unspecified atom stereocenters. The highest BCUT2D eigenvalue weighted by atomic mass is 16.5. The summed E-state index contributed by atoms with van der Waals surface area (Å²) >= 11 is 0. The summed E-state index contributed by atoms with van der Waals surface area (Å²) < 4.78 is 16.0. The Morgan fingerprint density at radius 3 is 1.90 bits per heavy atom. The molecule has 0 saturated heterocycles. The van der Waals surface area contributed by atoms with Crippen molar-refractivity contribution in [2.45, 2.75) is 58.3 Å². The van der Waals surface area contributed by atoms with Crippen LogP contribution >= 0.6 is 0 Å². The zero-order chi connectivity index (χ0) is 22.6. The third kappa shape index (κ3) is 6.96. The lowest BCUT2D eigenvalue weighted by Crippen LogP contribution is -2.25. The monoisotopic (exact) mass is 430 g/mol. The molecule has 1 aromatic carbocycles. The van der Waals surface area contributed by atoms with E-state index in [0.717, 1.165) is 37.0 Å². The lowest BCUT2D eigenvalue weighted by atomic mass is 9.89. The fraction of sp³-hybridized carbons (Fsp3) is 0.520. The second-order valence-electron chi connectivity index (χ2n) is 7.70. The van der Waals surface area contributed by atoms with Gasteiger partial charge < -0.3 is 19.3 Å². The van der Waals surface area contributed by atoms with Gasteiger partial charge in [-0.1, -0.05) is 44.2 Å². The summed E-state index contributed by atoms with van der Waals surface area (Å²) in [6.45, 7) is 2.61. The maximum atomic E-state index is 12.7. The minimum atomic E-state index is -0.317. The smallest absolute Gasteiger partial charge is 0.228 e. The topological polar surface area (TPSA) is 82.1 Å². The molecule has 2 rings (SSSR count). The van der Waals surface area contributed by atoms with Crippen LogP contribution in [0.25, 0.3) is 0 Å². The fourth-order valence-electron chi connectivity index (χ4n) is 3.60. The predicted octanol–water partition coefficient (Wildman–Crippen LogP) is 4.30. The van der Waals surface area contributed by atoms with Crippen molar-refractivity contribution in [2.24, 2.45) is 0 Å². The number of carbonyl (C=O) groups is 2. The van der Waals surface area contributed by atoms with E-state index in [1.807, 2.05) is 24.3 Å². The molecule has 0 aliphatic heterocycles. The summed E-state index contributed by atoms with van der Waals surface area (Å²) in [5.74, 6) is 0.0853. The van der Waals surface area contributed by atoms with E-state index in [9.17, 15) is 9.59 Å². The van der Waals surface area contributed by atoms with Gasteiger partial charge in [0, 0.05) is 24.2 Å². The molecule has 0 radical (unpaired) electrons. The SMILES string of the molecule is COC1=C(OC)C(=O)C(Cc2ccc(OCCCCCCCCCO)cc2)=C(C)C1=O. The van der Waals surface area contributed by atoms with Crippen LogP contribution in [0.4, 0.5) is 0 Å². The van der Waals surface area contributed by atoms with Crippen molar-refractivity contribution in [3.63, 3.8) is 0 Å². The van der Waals surface area contributed by atoms with Gasteiger partial charge in [0.2, 0.25) is 23.1 Å². The molecule has 0 amide bonds. The van der Waals surface area contributed by atoms with E-state index >= 15 is 0 Å². The summed E-state index contributed by atoms with van der Waals surface area (Å²) in [7, 11) is 2.72. The van der Waals surface area contributed by atoms with Crippen molar-refractivity contribution in [1.29, 1.82) is 0 Å². The summed E-state index contributed by atoms with van der Waals surface area (Å²) in [5, 5.41) is 8.76. The number of Topliss-reactive ketones (excluding diaryl/α,β-unsaturated/α-hetero) is 2. The Morgan fingerprint density at radius 2 is 1.32 bits per heavy atom. The molecule has 1 aliphatic carbocycles. The number of hydrogen-bond acceptors (Lipinski definition) is 6.